The Morgan fingerprint density at radius 1 is 0.952 bits per heavy atom. The van der Waals surface area contributed by atoms with Crippen LogP contribution in [0.15, 0.2) is 43.0 Å². The van der Waals surface area contributed by atoms with Crippen LogP contribution < -0.4 is 21.7 Å². The van der Waals surface area contributed by atoms with Gasteiger partial charge in [-0.05, 0) is 30.4 Å². The zero-order chi connectivity index (χ0) is 30.8. The Morgan fingerprint density at radius 2 is 1.64 bits per heavy atom. The van der Waals surface area contributed by atoms with Gasteiger partial charge in [0.05, 0.1) is 12.4 Å². The van der Waals surface area contributed by atoms with E-state index in [0.717, 1.165) is 16.5 Å². The average Bonchev–Trinajstić information content (AvgIpc) is 3.62. The van der Waals surface area contributed by atoms with Gasteiger partial charge in [-0.2, -0.15) is 0 Å². The number of para-hydroxylation sites is 1. The number of benzene rings is 1. The van der Waals surface area contributed by atoms with Crippen molar-refractivity contribution >= 4 is 40.6 Å². The molecule has 3 amide bonds. The van der Waals surface area contributed by atoms with E-state index in [1.165, 1.54) is 12.5 Å². The van der Waals surface area contributed by atoms with E-state index in [2.05, 4.69) is 30.9 Å². The van der Waals surface area contributed by atoms with Crippen LogP contribution in [0.5, 0.6) is 0 Å². The van der Waals surface area contributed by atoms with Crippen LogP contribution in [0.4, 0.5) is 0 Å². The lowest BCUT2D eigenvalue weighted by Gasteiger charge is -2.26. The lowest BCUT2D eigenvalue weighted by Crippen LogP contribution is -2.58. The van der Waals surface area contributed by atoms with E-state index >= 15 is 0 Å². The zero-order valence-corrected chi connectivity index (χ0v) is 23.4. The Labute approximate surface area is 241 Å². The maximum Gasteiger partial charge on any atom is 0.326 e. The largest absolute Gasteiger partial charge is 0.481 e. The summed E-state index contributed by atoms with van der Waals surface area (Å²) in [6, 6.07) is 2.65. The molecular formula is C28H37N7O7. The van der Waals surface area contributed by atoms with Gasteiger partial charge in [-0.25, -0.2) is 9.78 Å². The molecular weight excluding hydrogens is 546 g/mol. The number of imidazole rings is 1. The molecule has 3 rings (SSSR count). The fourth-order valence-corrected chi connectivity index (χ4v) is 4.48. The van der Waals surface area contributed by atoms with Crippen molar-refractivity contribution in [1.82, 2.24) is 30.9 Å². The van der Waals surface area contributed by atoms with Gasteiger partial charge in [-0.15, -0.1) is 0 Å². The summed E-state index contributed by atoms with van der Waals surface area (Å²) >= 11 is 0. The number of H-pyrrole nitrogens is 2. The van der Waals surface area contributed by atoms with Crippen molar-refractivity contribution in [3.63, 3.8) is 0 Å². The second kappa shape index (κ2) is 14.8. The van der Waals surface area contributed by atoms with Gasteiger partial charge in [0.1, 0.15) is 18.1 Å². The van der Waals surface area contributed by atoms with Crippen molar-refractivity contribution in [2.75, 3.05) is 0 Å². The number of rotatable bonds is 16. The molecule has 42 heavy (non-hydrogen) atoms. The minimum atomic E-state index is -1.33. The molecule has 14 heteroatoms. The third kappa shape index (κ3) is 8.64. The number of hydrogen-bond donors (Lipinski definition) is 8. The molecule has 0 saturated carbocycles. The number of carbonyl (C=O) groups is 5. The van der Waals surface area contributed by atoms with Gasteiger partial charge < -0.3 is 41.9 Å². The predicted molar refractivity (Wildman–Crippen MR) is 152 cm³/mol. The standard InChI is InChI=1S/C28H37N7O7/c1-3-15(2)24(28(41)42)35-27(40)22(11-17-13-30-14-32-17)34-26(39)21(8-9-23(36)37)33-25(38)19(29)10-16-12-31-20-7-5-4-6-18(16)20/h4-7,12-15,19,21-22,24,31H,3,8-11,29H2,1-2H3,(H,30,32)(H,33,38)(H,34,39)(H,35,40)(H,36,37)(H,41,42). The van der Waals surface area contributed by atoms with Gasteiger partial charge in [0.25, 0.3) is 0 Å². The van der Waals surface area contributed by atoms with Gasteiger partial charge in [-0.1, -0.05) is 38.5 Å². The van der Waals surface area contributed by atoms with Crippen LogP contribution in [0.25, 0.3) is 10.9 Å². The number of aliphatic carboxylic acids is 2. The van der Waals surface area contributed by atoms with E-state index in [4.69, 9.17) is 5.73 Å². The first kappa shape index (κ1) is 31.8. The summed E-state index contributed by atoms with van der Waals surface area (Å²) in [4.78, 5) is 72.6. The molecule has 5 atom stereocenters. The minimum Gasteiger partial charge on any atom is -0.481 e. The van der Waals surface area contributed by atoms with E-state index in [0.29, 0.717) is 12.1 Å². The average molecular weight is 584 g/mol. The normalized spacial score (nSPS) is 14.7. The van der Waals surface area contributed by atoms with Crippen LogP contribution in [-0.4, -0.2) is 79.0 Å². The molecule has 9 N–H and O–H groups in total. The van der Waals surface area contributed by atoms with Gasteiger partial charge in [0.2, 0.25) is 17.7 Å². The van der Waals surface area contributed by atoms with E-state index in [1.54, 1.807) is 20.0 Å². The quantitative estimate of drug-likeness (QED) is 0.117. The van der Waals surface area contributed by atoms with Gasteiger partial charge in [0, 0.05) is 41.8 Å². The topological polar surface area (TPSA) is 232 Å². The molecule has 2 heterocycles. The SMILES string of the molecule is CCC(C)C(NC(=O)C(Cc1cnc[nH]1)NC(=O)C(CCC(=O)O)NC(=O)C(N)Cc1c[nH]c2ccccc12)C(=O)O. The molecule has 1 aromatic carbocycles. The summed E-state index contributed by atoms with van der Waals surface area (Å²) in [6.45, 7) is 3.47. The number of carboxylic acid groups (broad SMARTS) is 2. The van der Waals surface area contributed by atoms with E-state index in [-0.39, 0.29) is 19.3 Å². The maximum absolute atomic E-state index is 13.4. The van der Waals surface area contributed by atoms with Crippen molar-refractivity contribution < 1.29 is 34.2 Å². The van der Waals surface area contributed by atoms with E-state index in [9.17, 15) is 34.2 Å². The summed E-state index contributed by atoms with van der Waals surface area (Å²) in [5.41, 5.74) is 8.32. The molecule has 2 aromatic heterocycles. The number of nitrogens with two attached hydrogens (primary N) is 1. The Hall–Kier alpha value is -4.72. The van der Waals surface area contributed by atoms with Gasteiger partial charge in [-0.3, -0.25) is 19.2 Å². The second-order valence-corrected chi connectivity index (χ2v) is 10.2. The first-order chi connectivity index (χ1) is 20.0. The van der Waals surface area contributed by atoms with Crippen molar-refractivity contribution in [2.45, 2.75) is 70.1 Å². The molecule has 0 saturated heterocycles. The molecule has 0 bridgehead atoms. The summed E-state index contributed by atoms with van der Waals surface area (Å²) in [5, 5.41) is 27.3. The van der Waals surface area contributed by atoms with Gasteiger partial charge in [0.15, 0.2) is 0 Å². The predicted octanol–water partition coefficient (Wildman–Crippen LogP) is 0.453. The molecule has 0 aliphatic heterocycles. The number of aromatic nitrogens is 3. The smallest absolute Gasteiger partial charge is 0.326 e. The van der Waals surface area contributed by atoms with Crippen molar-refractivity contribution in [3.05, 3.63) is 54.2 Å². The number of amides is 3. The van der Waals surface area contributed by atoms with Crippen LogP contribution >= 0.6 is 0 Å². The van der Waals surface area contributed by atoms with Crippen molar-refractivity contribution in [2.24, 2.45) is 11.7 Å². The summed E-state index contributed by atoms with van der Waals surface area (Å²) in [6.07, 6.45) is 4.44. The Bertz CT molecular complexity index is 1390. The second-order valence-electron chi connectivity index (χ2n) is 10.2. The fraction of sp³-hybridized carbons (Fsp3) is 0.429. The number of nitrogens with one attached hydrogen (secondary N) is 5. The summed E-state index contributed by atoms with van der Waals surface area (Å²) < 4.78 is 0. The van der Waals surface area contributed by atoms with Crippen LogP contribution in [0.2, 0.25) is 0 Å². The third-order valence-corrected chi connectivity index (χ3v) is 7.12. The number of nitrogens with zero attached hydrogens (tertiary/aromatic N) is 1. The first-order valence-electron chi connectivity index (χ1n) is 13.6. The fourth-order valence-electron chi connectivity index (χ4n) is 4.48. The lowest BCUT2D eigenvalue weighted by molar-refractivity contribution is -0.143. The number of carbonyl (C=O) groups excluding carboxylic acids is 3. The highest BCUT2D eigenvalue weighted by Gasteiger charge is 2.32. The number of aromatic amines is 2. The number of carboxylic acids is 2. The minimum absolute atomic E-state index is 0.0654. The van der Waals surface area contributed by atoms with Crippen LogP contribution in [0.1, 0.15) is 44.4 Å². The molecule has 3 aromatic rings. The van der Waals surface area contributed by atoms with Crippen LogP contribution in [-0.2, 0) is 36.8 Å². The summed E-state index contributed by atoms with van der Waals surface area (Å²) in [7, 11) is 0. The molecule has 0 radical (unpaired) electrons. The van der Waals surface area contributed by atoms with Crippen molar-refractivity contribution in [3.8, 4) is 0 Å². The Balaban J connectivity index is 1.76. The molecule has 226 valence electrons. The third-order valence-electron chi connectivity index (χ3n) is 7.12. The molecule has 0 spiro atoms. The number of hydrogen-bond acceptors (Lipinski definition) is 7. The molecule has 0 aliphatic rings. The lowest BCUT2D eigenvalue weighted by atomic mass is 9.98. The summed E-state index contributed by atoms with van der Waals surface area (Å²) in [5.74, 6) is -5.06. The van der Waals surface area contributed by atoms with E-state index in [1.807, 2.05) is 24.3 Å². The van der Waals surface area contributed by atoms with E-state index < -0.39 is 66.2 Å². The van der Waals surface area contributed by atoms with Gasteiger partial charge >= 0.3 is 11.9 Å². The highest BCUT2D eigenvalue weighted by molar-refractivity contribution is 5.94. The molecule has 0 fully saturated rings. The number of fused-ring (bicyclic) bond motifs is 1. The highest BCUT2D eigenvalue weighted by Crippen LogP contribution is 2.19. The molecule has 5 unspecified atom stereocenters. The molecule has 14 nitrogen and oxygen atoms in total. The highest BCUT2D eigenvalue weighted by atomic mass is 16.4. The maximum atomic E-state index is 13.4. The zero-order valence-electron chi connectivity index (χ0n) is 23.4. The van der Waals surface area contributed by atoms with Crippen molar-refractivity contribution in [1.29, 1.82) is 0 Å². The Morgan fingerprint density at radius 3 is 2.29 bits per heavy atom. The van der Waals surface area contributed by atoms with Crippen LogP contribution in [0.3, 0.4) is 0 Å². The van der Waals surface area contributed by atoms with Crippen LogP contribution in [0, 0.1) is 5.92 Å². The Kier molecular flexibility index (Phi) is 11.2. The first-order valence-corrected chi connectivity index (χ1v) is 13.6. The molecule has 0 aliphatic carbocycles. The monoisotopic (exact) mass is 583 g/mol.